The summed E-state index contributed by atoms with van der Waals surface area (Å²) in [5.74, 6) is 1.69. The van der Waals surface area contributed by atoms with E-state index in [2.05, 4.69) is 13.8 Å². The van der Waals surface area contributed by atoms with Crippen LogP contribution < -0.4 is 0 Å². The Morgan fingerprint density at radius 1 is 1.00 bits per heavy atom. The Labute approximate surface area is 157 Å². The van der Waals surface area contributed by atoms with Crippen LogP contribution in [0.2, 0.25) is 0 Å². The van der Waals surface area contributed by atoms with Gasteiger partial charge >= 0.3 is 0 Å². The number of carbonyl (C=O) groups excluding carboxylic acids is 1. The summed E-state index contributed by atoms with van der Waals surface area (Å²) in [5, 5.41) is 0. The molecular weight excluding hydrogens is 329 g/mol. The second-order valence-electron chi connectivity index (χ2n) is 10.5. The largest absolute Gasteiger partial charge is 0.374 e. The van der Waals surface area contributed by atoms with E-state index in [1.54, 1.807) is 4.90 Å². The van der Waals surface area contributed by atoms with Crippen LogP contribution in [-0.4, -0.2) is 42.3 Å². The van der Waals surface area contributed by atoms with E-state index in [1.807, 2.05) is 7.05 Å². The molecule has 5 fully saturated rings. The number of fused-ring (bicyclic) bond motifs is 5. The number of ether oxygens (including phenoxy) is 1. The van der Waals surface area contributed by atoms with E-state index in [-0.39, 0.29) is 17.4 Å². The van der Waals surface area contributed by atoms with Crippen LogP contribution in [0, 0.1) is 28.6 Å². The molecule has 26 heavy (non-hydrogen) atoms. The van der Waals surface area contributed by atoms with Crippen LogP contribution in [-0.2, 0) is 9.53 Å². The molecule has 146 valence electrons. The maximum atomic E-state index is 14.5. The lowest BCUT2D eigenvalue weighted by molar-refractivity contribution is -0.172. The topological polar surface area (TPSA) is 29.5 Å². The zero-order valence-corrected chi connectivity index (χ0v) is 16.5. The lowest BCUT2D eigenvalue weighted by Crippen LogP contribution is -2.64. The van der Waals surface area contributed by atoms with Crippen LogP contribution in [0.5, 0.6) is 0 Å². The third-order valence-corrected chi connectivity index (χ3v) is 9.32. The number of carbonyl (C=O) groups is 1. The van der Waals surface area contributed by atoms with Crippen molar-refractivity contribution in [1.29, 1.82) is 0 Å². The minimum Gasteiger partial charge on any atom is -0.374 e. The average molecular weight is 364 g/mol. The molecule has 4 saturated carbocycles. The zero-order chi connectivity index (χ0) is 18.3. The Morgan fingerprint density at radius 2 is 1.73 bits per heavy atom. The monoisotopic (exact) mass is 363 g/mol. The van der Waals surface area contributed by atoms with Crippen molar-refractivity contribution >= 4 is 5.91 Å². The van der Waals surface area contributed by atoms with Crippen molar-refractivity contribution in [2.75, 3.05) is 7.05 Å². The van der Waals surface area contributed by atoms with Crippen LogP contribution in [0.1, 0.15) is 71.6 Å². The van der Waals surface area contributed by atoms with Gasteiger partial charge in [0.05, 0.1) is 12.2 Å². The average Bonchev–Trinajstić information content (AvgIpc) is 3.35. The van der Waals surface area contributed by atoms with Gasteiger partial charge < -0.3 is 9.64 Å². The molecule has 0 bridgehead atoms. The van der Waals surface area contributed by atoms with Crippen LogP contribution in [0.4, 0.5) is 4.39 Å². The highest BCUT2D eigenvalue weighted by molar-refractivity contribution is 5.82. The van der Waals surface area contributed by atoms with Gasteiger partial charge in [0, 0.05) is 13.1 Å². The highest BCUT2D eigenvalue weighted by Crippen LogP contribution is 2.65. The van der Waals surface area contributed by atoms with Crippen LogP contribution in [0.25, 0.3) is 0 Å². The Balaban J connectivity index is 1.41. The second-order valence-corrected chi connectivity index (χ2v) is 10.5. The molecule has 0 aromatic rings. The minimum absolute atomic E-state index is 0.0538. The highest BCUT2D eigenvalue weighted by Gasteiger charge is 2.63. The molecule has 1 heterocycles. The molecule has 0 aromatic carbocycles. The molecule has 0 radical (unpaired) electrons. The minimum atomic E-state index is -1.30. The fourth-order valence-corrected chi connectivity index (χ4v) is 7.82. The first-order valence-corrected chi connectivity index (χ1v) is 10.9. The molecule has 1 unspecified atom stereocenters. The Bertz CT molecular complexity index is 607. The van der Waals surface area contributed by atoms with Gasteiger partial charge in [-0.15, -0.1) is 0 Å². The second kappa shape index (κ2) is 5.68. The summed E-state index contributed by atoms with van der Waals surface area (Å²) >= 11 is 0. The summed E-state index contributed by atoms with van der Waals surface area (Å²) in [6.45, 7) is 4.77. The number of hydrogen-bond donors (Lipinski definition) is 0. The summed E-state index contributed by atoms with van der Waals surface area (Å²) in [6.07, 6.45) is 9.76. The number of piperidine rings is 1. The lowest BCUT2D eigenvalue weighted by atomic mass is 9.47. The Kier molecular flexibility index (Phi) is 3.82. The maximum Gasteiger partial charge on any atom is 0.257 e. The van der Waals surface area contributed by atoms with Gasteiger partial charge in [-0.05, 0) is 86.4 Å². The molecule has 1 amide bonds. The SMILES string of the molecule is CN1C(=O)C(F)C[C@]2(C)[C@H]3CC[C@]4(C)[C@@H](OC5CC5)CC[C@H]4[C@@H]3CC[C@@H]12. The van der Waals surface area contributed by atoms with Crippen LogP contribution in [0.3, 0.4) is 0 Å². The van der Waals surface area contributed by atoms with E-state index in [4.69, 9.17) is 4.74 Å². The third kappa shape index (κ3) is 2.29. The van der Waals surface area contributed by atoms with Crippen LogP contribution >= 0.6 is 0 Å². The summed E-state index contributed by atoms with van der Waals surface area (Å²) in [4.78, 5) is 14.0. The van der Waals surface area contributed by atoms with Gasteiger partial charge in [0.15, 0.2) is 6.17 Å². The summed E-state index contributed by atoms with van der Waals surface area (Å²) in [5.41, 5.74) is 0.264. The van der Waals surface area contributed by atoms with E-state index in [0.29, 0.717) is 35.9 Å². The van der Waals surface area contributed by atoms with E-state index < -0.39 is 6.17 Å². The molecule has 4 heteroatoms. The maximum absolute atomic E-state index is 14.5. The van der Waals surface area contributed by atoms with Gasteiger partial charge in [-0.25, -0.2) is 4.39 Å². The number of alkyl halides is 1. The highest BCUT2D eigenvalue weighted by atomic mass is 19.1. The fraction of sp³-hybridized carbons (Fsp3) is 0.955. The third-order valence-electron chi connectivity index (χ3n) is 9.32. The molecule has 3 nitrogen and oxygen atoms in total. The molecule has 0 N–H and O–H groups in total. The number of halogens is 1. The van der Waals surface area contributed by atoms with Gasteiger partial charge in [0.1, 0.15) is 0 Å². The molecule has 5 rings (SSSR count). The zero-order valence-electron chi connectivity index (χ0n) is 16.5. The first-order valence-electron chi connectivity index (χ1n) is 10.9. The molecule has 1 aliphatic heterocycles. The number of nitrogens with zero attached hydrogens (tertiary/aromatic N) is 1. The van der Waals surface area contributed by atoms with Crippen molar-refractivity contribution in [2.24, 2.45) is 28.6 Å². The summed E-state index contributed by atoms with van der Waals surface area (Å²) < 4.78 is 21.0. The van der Waals surface area contributed by atoms with E-state index in [0.717, 1.165) is 12.3 Å². The van der Waals surface area contributed by atoms with Crippen molar-refractivity contribution in [3.05, 3.63) is 0 Å². The van der Waals surface area contributed by atoms with E-state index in [1.165, 1.54) is 44.9 Å². The van der Waals surface area contributed by atoms with Crippen molar-refractivity contribution in [3.63, 3.8) is 0 Å². The smallest absolute Gasteiger partial charge is 0.257 e. The quantitative estimate of drug-likeness (QED) is 0.730. The fourth-order valence-electron chi connectivity index (χ4n) is 7.82. The molecule has 0 aromatic heterocycles. The molecule has 8 atom stereocenters. The molecule has 1 saturated heterocycles. The predicted molar refractivity (Wildman–Crippen MR) is 98.4 cm³/mol. The number of hydrogen-bond acceptors (Lipinski definition) is 2. The Hall–Kier alpha value is -0.640. The van der Waals surface area contributed by atoms with E-state index >= 15 is 0 Å². The van der Waals surface area contributed by atoms with Gasteiger partial charge in [-0.2, -0.15) is 0 Å². The number of rotatable bonds is 2. The van der Waals surface area contributed by atoms with Crippen molar-refractivity contribution < 1.29 is 13.9 Å². The summed E-state index contributed by atoms with van der Waals surface area (Å²) in [7, 11) is 1.83. The predicted octanol–water partition coefficient (Wildman–Crippen LogP) is 4.35. The van der Waals surface area contributed by atoms with Crippen molar-refractivity contribution in [1.82, 2.24) is 4.90 Å². The Morgan fingerprint density at radius 3 is 2.46 bits per heavy atom. The number of amides is 1. The number of likely N-dealkylation sites (tertiary alicyclic amines) is 1. The van der Waals surface area contributed by atoms with E-state index in [9.17, 15) is 9.18 Å². The van der Waals surface area contributed by atoms with Gasteiger partial charge in [0.2, 0.25) is 0 Å². The first-order chi connectivity index (χ1) is 12.3. The first kappa shape index (κ1) is 17.5. The standard InChI is InChI=1S/C22H34FNO2/c1-21-11-10-16-14(15(21)7-9-19(21)26-13-4-5-13)6-8-18-22(16,2)12-17(23)20(25)24(18)3/h13-19H,4-12H2,1-3H3/t14-,15-,16-,17?,18+,19-,21-,22+/m0/s1. The van der Waals surface area contributed by atoms with Gasteiger partial charge in [0.25, 0.3) is 5.91 Å². The molecule has 5 aliphatic rings. The molecule has 4 aliphatic carbocycles. The van der Waals surface area contributed by atoms with Crippen molar-refractivity contribution in [3.8, 4) is 0 Å². The van der Waals surface area contributed by atoms with Gasteiger partial charge in [-0.1, -0.05) is 13.8 Å². The van der Waals surface area contributed by atoms with Crippen molar-refractivity contribution in [2.45, 2.75) is 96.1 Å². The molecule has 0 spiro atoms. The lowest BCUT2D eigenvalue weighted by Gasteiger charge is -2.62. The normalized spacial score (nSPS) is 53.8. The molecular formula is C22H34FNO2. The summed E-state index contributed by atoms with van der Waals surface area (Å²) in [6, 6.07) is 0.229. The van der Waals surface area contributed by atoms with Crippen LogP contribution in [0.15, 0.2) is 0 Å². The van der Waals surface area contributed by atoms with Gasteiger partial charge in [-0.3, -0.25) is 4.79 Å².